The van der Waals surface area contributed by atoms with Crippen molar-refractivity contribution in [3.05, 3.63) is 65.4 Å². The van der Waals surface area contributed by atoms with Gasteiger partial charge in [-0.1, -0.05) is 17.7 Å². The number of hydrogen-bond acceptors (Lipinski definition) is 5. The topological polar surface area (TPSA) is 59.0 Å². The molecule has 0 aliphatic carbocycles. The maximum Gasteiger partial charge on any atom is 0.180 e. The first-order valence-corrected chi connectivity index (χ1v) is 11.1. The minimum absolute atomic E-state index is 0.324. The molecule has 0 spiro atoms. The van der Waals surface area contributed by atoms with Crippen LogP contribution < -0.4 is 4.90 Å². The van der Waals surface area contributed by atoms with Gasteiger partial charge >= 0.3 is 0 Å². The molecule has 1 aromatic carbocycles. The van der Waals surface area contributed by atoms with Crippen LogP contribution in [0.2, 0.25) is 5.02 Å². The Balaban J connectivity index is 1.67. The van der Waals surface area contributed by atoms with Crippen LogP contribution in [0, 0.1) is 0 Å². The average Bonchev–Trinajstić information content (AvgIpc) is 2.75. The molecular formula is C21H21ClN4OS. The van der Waals surface area contributed by atoms with E-state index >= 15 is 0 Å². The van der Waals surface area contributed by atoms with Gasteiger partial charge in [0.2, 0.25) is 0 Å². The van der Waals surface area contributed by atoms with Gasteiger partial charge in [-0.05, 0) is 55.7 Å². The molecule has 3 aromatic rings. The largest absolute Gasteiger partial charge is 0.356 e. The Morgan fingerprint density at radius 1 is 1.00 bits per heavy atom. The Morgan fingerprint density at radius 3 is 2.50 bits per heavy atom. The Bertz CT molecular complexity index is 960. The van der Waals surface area contributed by atoms with E-state index < -0.39 is 10.8 Å². The molecular weight excluding hydrogens is 392 g/mol. The third kappa shape index (κ3) is 4.56. The first-order chi connectivity index (χ1) is 13.7. The summed E-state index contributed by atoms with van der Waals surface area (Å²) in [7, 11) is -1.21. The van der Waals surface area contributed by atoms with E-state index in [1.54, 1.807) is 30.5 Å². The number of benzene rings is 1. The normalized spacial score (nSPS) is 15.4. The van der Waals surface area contributed by atoms with E-state index in [0.29, 0.717) is 16.6 Å². The lowest BCUT2D eigenvalue weighted by Gasteiger charge is -2.28. The van der Waals surface area contributed by atoms with Crippen molar-refractivity contribution in [1.82, 2.24) is 15.0 Å². The zero-order valence-corrected chi connectivity index (χ0v) is 17.0. The highest BCUT2D eigenvalue weighted by Gasteiger charge is 2.17. The lowest BCUT2D eigenvalue weighted by atomic mass is 10.1. The summed E-state index contributed by atoms with van der Waals surface area (Å²) in [5.74, 6) is 1.79. The standard InChI is InChI=1S/C21H21ClN4OS/c22-16-7-9-18(10-8-16)28(27)15-17-14-20(26-12-4-1-5-13-26)25-21(24-17)19-6-2-3-11-23-19/h2-3,6-11,14H,1,4-5,12-13,15H2. The Morgan fingerprint density at radius 2 is 1.79 bits per heavy atom. The number of hydrogen-bond donors (Lipinski definition) is 0. The fourth-order valence-corrected chi connectivity index (χ4v) is 4.40. The summed E-state index contributed by atoms with van der Waals surface area (Å²) < 4.78 is 12.8. The number of pyridine rings is 1. The van der Waals surface area contributed by atoms with Gasteiger partial charge in [-0.3, -0.25) is 9.19 Å². The lowest BCUT2D eigenvalue weighted by molar-refractivity contribution is 0.573. The molecule has 0 radical (unpaired) electrons. The summed E-state index contributed by atoms with van der Waals surface area (Å²) >= 11 is 5.94. The smallest absolute Gasteiger partial charge is 0.180 e. The van der Waals surface area contributed by atoms with Gasteiger partial charge in [0, 0.05) is 35.3 Å². The second-order valence-electron chi connectivity index (χ2n) is 6.75. The molecule has 7 heteroatoms. The second-order valence-corrected chi connectivity index (χ2v) is 8.64. The van der Waals surface area contributed by atoms with Crippen LogP contribution in [0.15, 0.2) is 59.6 Å². The summed E-state index contributed by atoms with van der Waals surface area (Å²) in [6.45, 7) is 1.97. The van der Waals surface area contributed by atoms with E-state index in [1.807, 2.05) is 24.3 Å². The molecule has 0 N–H and O–H groups in total. The van der Waals surface area contributed by atoms with E-state index in [4.69, 9.17) is 16.6 Å². The first kappa shape index (κ1) is 19.0. The first-order valence-electron chi connectivity index (χ1n) is 9.37. The molecule has 3 heterocycles. The van der Waals surface area contributed by atoms with Crippen LogP contribution in [-0.4, -0.2) is 32.3 Å². The number of piperidine rings is 1. The number of halogens is 1. The highest BCUT2D eigenvalue weighted by Crippen LogP contribution is 2.23. The number of aromatic nitrogens is 3. The van der Waals surface area contributed by atoms with Gasteiger partial charge in [0.25, 0.3) is 0 Å². The molecule has 144 valence electrons. The van der Waals surface area contributed by atoms with Gasteiger partial charge in [0.05, 0.1) is 22.2 Å². The molecule has 28 heavy (non-hydrogen) atoms. The third-order valence-corrected chi connectivity index (χ3v) is 6.30. The van der Waals surface area contributed by atoms with Crippen LogP contribution in [0.25, 0.3) is 11.5 Å². The van der Waals surface area contributed by atoms with Gasteiger partial charge in [-0.25, -0.2) is 9.97 Å². The van der Waals surface area contributed by atoms with Crippen molar-refractivity contribution in [2.24, 2.45) is 0 Å². The highest BCUT2D eigenvalue weighted by atomic mass is 35.5. The molecule has 5 nitrogen and oxygen atoms in total. The summed E-state index contributed by atoms with van der Waals surface area (Å²) in [6, 6.07) is 14.8. The molecule has 1 aliphatic heterocycles. The van der Waals surface area contributed by atoms with Gasteiger partial charge < -0.3 is 4.90 Å². The quantitative estimate of drug-likeness (QED) is 0.617. The molecule has 1 aliphatic rings. The van der Waals surface area contributed by atoms with Crippen LogP contribution in [0.3, 0.4) is 0 Å². The lowest BCUT2D eigenvalue weighted by Crippen LogP contribution is -2.30. The molecule has 0 amide bonds. The Labute approximate surface area is 172 Å². The number of nitrogens with zero attached hydrogens (tertiary/aromatic N) is 4. The summed E-state index contributed by atoms with van der Waals surface area (Å²) in [4.78, 5) is 16.8. The highest BCUT2D eigenvalue weighted by molar-refractivity contribution is 7.84. The predicted molar refractivity (Wildman–Crippen MR) is 113 cm³/mol. The van der Waals surface area contributed by atoms with Gasteiger partial charge in [0.15, 0.2) is 5.82 Å². The average molecular weight is 413 g/mol. The van der Waals surface area contributed by atoms with Crippen molar-refractivity contribution in [1.29, 1.82) is 0 Å². The zero-order valence-electron chi connectivity index (χ0n) is 15.4. The van der Waals surface area contributed by atoms with Crippen molar-refractivity contribution >= 4 is 28.2 Å². The number of rotatable bonds is 5. The molecule has 0 saturated carbocycles. The van der Waals surface area contributed by atoms with Crippen molar-refractivity contribution in [3.63, 3.8) is 0 Å². The molecule has 2 aromatic heterocycles. The van der Waals surface area contributed by atoms with E-state index in [-0.39, 0.29) is 0 Å². The minimum atomic E-state index is -1.21. The Hall–Kier alpha value is -2.31. The van der Waals surface area contributed by atoms with Crippen LogP contribution in [-0.2, 0) is 16.6 Å². The van der Waals surface area contributed by atoms with Crippen molar-refractivity contribution in [3.8, 4) is 11.5 Å². The maximum absolute atomic E-state index is 12.8. The third-order valence-electron chi connectivity index (χ3n) is 4.70. The van der Waals surface area contributed by atoms with Crippen molar-refractivity contribution < 1.29 is 4.21 Å². The monoisotopic (exact) mass is 412 g/mol. The summed E-state index contributed by atoms with van der Waals surface area (Å²) in [5.41, 5.74) is 1.48. The molecule has 4 rings (SSSR count). The van der Waals surface area contributed by atoms with Gasteiger partial charge in [0.1, 0.15) is 11.5 Å². The fraction of sp³-hybridized carbons (Fsp3) is 0.286. The summed E-state index contributed by atoms with van der Waals surface area (Å²) in [5, 5.41) is 0.632. The van der Waals surface area contributed by atoms with E-state index in [2.05, 4.69) is 14.9 Å². The van der Waals surface area contributed by atoms with E-state index in [9.17, 15) is 4.21 Å². The number of anilines is 1. The molecule has 1 atom stereocenters. The predicted octanol–water partition coefficient (Wildman–Crippen LogP) is 4.49. The van der Waals surface area contributed by atoms with Gasteiger partial charge in [-0.15, -0.1) is 0 Å². The van der Waals surface area contributed by atoms with Gasteiger partial charge in [-0.2, -0.15) is 0 Å². The fourth-order valence-electron chi connectivity index (χ4n) is 3.26. The van der Waals surface area contributed by atoms with Crippen LogP contribution in [0.5, 0.6) is 0 Å². The van der Waals surface area contributed by atoms with Crippen LogP contribution in [0.4, 0.5) is 5.82 Å². The summed E-state index contributed by atoms with van der Waals surface area (Å²) in [6.07, 6.45) is 5.31. The van der Waals surface area contributed by atoms with Crippen LogP contribution in [0.1, 0.15) is 25.0 Å². The second kappa shape index (κ2) is 8.80. The zero-order chi connectivity index (χ0) is 19.3. The maximum atomic E-state index is 12.8. The van der Waals surface area contributed by atoms with E-state index in [0.717, 1.165) is 48.0 Å². The molecule has 0 bridgehead atoms. The molecule has 1 unspecified atom stereocenters. The minimum Gasteiger partial charge on any atom is -0.356 e. The van der Waals surface area contributed by atoms with E-state index in [1.165, 1.54) is 6.42 Å². The van der Waals surface area contributed by atoms with Crippen LogP contribution >= 0.6 is 11.6 Å². The molecule has 1 fully saturated rings. The van der Waals surface area contributed by atoms with Crippen molar-refractivity contribution in [2.75, 3.05) is 18.0 Å². The van der Waals surface area contributed by atoms with Crippen molar-refractivity contribution in [2.45, 2.75) is 29.9 Å². The SMILES string of the molecule is O=S(Cc1cc(N2CCCCC2)nc(-c2ccccn2)n1)c1ccc(Cl)cc1. The Kier molecular flexibility index (Phi) is 5.98. The molecule has 1 saturated heterocycles.